The second kappa shape index (κ2) is 8.59. The molecule has 5 nitrogen and oxygen atoms in total. The number of fused-ring (bicyclic) bond motifs is 1. The molecule has 3 aromatic carbocycles. The zero-order chi connectivity index (χ0) is 22.9. The molecule has 7 heteroatoms. The van der Waals surface area contributed by atoms with Gasteiger partial charge in [0.1, 0.15) is 12.4 Å². The average molecular weight is 451 g/mol. The van der Waals surface area contributed by atoms with E-state index < -0.39 is 15.7 Å². The van der Waals surface area contributed by atoms with Crippen molar-refractivity contribution in [3.63, 3.8) is 0 Å². The lowest BCUT2D eigenvalue weighted by molar-refractivity contribution is -0.118. The number of anilines is 1. The molecule has 0 radical (unpaired) electrons. The summed E-state index contributed by atoms with van der Waals surface area (Å²) >= 11 is 0. The van der Waals surface area contributed by atoms with Crippen molar-refractivity contribution >= 4 is 32.3 Å². The number of carbonyl (C=O) groups excluding carboxylic acids is 1. The Balaban J connectivity index is 1.68. The summed E-state index contributed by atoms with van der Waals surface area (Å²) in [5.41, 5.74) is 2.83. The van der Waals surface area contributed by atoms with Gasteiger partial charge in [0.15, 0.2) is 9.84 Å². The number of para-hydroxylation sites is 1. The molecule has 0 saturated heterocycles. The number of hydrogen-bond donors (Lipinski definition) is 0. The Morgan fingerprint density at radius 1 is 1.00 bits per heavy atom. The second-order valence-electron chi connectivity index (χ2n) is 7.82. The van der Waals surface area contributed by atoms with Gasteiger partial charge < -0.3 is 9.47 Å². The van der Waals surface area contributed by atoms with Crippen LogP contribution in [0, 0.1) is 12.7 Å². The van der Waals surface area contributed by atoms with Gasteiger partial charge in [0, 0.05) is 29.8 Å². The molecule has 1 heterocycles. The highest BCUT2D eigenvalue weighted by Crippen LogP contribution is 2.28. The van der Waals surface area contributed by atoms with E-state index in [1.807, 2.05) is 31.2 Å². The summed E-state index contributed by atoms with van der Waals surface area (Å²) in [5.74, 6) is -0.981. The first kappa shape index (κ1) is 21.8. The van der Waals surface area contributed by atoms with Crippen LogP contribution in [-0.4, -0.2) is 25.9 Å². The van der Waals surface area contributed by atoms with E-state index in [0.29, 0.717) is 16.5 Å². The molecule has 32 heavy (non-hydrogen) atoms. The Labute approximate surface area is 186 Å². The van der Waals surface area contributed by atoms with Crippen LogP contribution in [0.15, 0.2) is 83.9 Å². The largest absolute Gasteiger partial charge is 0.337 e. The first-order valence-electron chi connectivity index (χ1n) is 10.1. The first-order chi connectivity index (χ1) is 15.2. The molecule has 4 aromatic rings. The fourth-order valence-electron chi connectivity index (χ4n) is 3.75. The predicted molar refractivity (Wildman–Crippen MR) is 124 cm³/mol. The summed E-state index contributed by atoms with van der Waals surface area (Å²) in [5, 5.41) is 0.537. The van der Waals surface area contributed by atoms with E-state index in [1.165, 1.54) is 24.4 Å². The number of aromatic nitrogens is 1. The van der Waals surface area contributed by atoms with Gasteiger partial charge in [-0.05, 0) is 48.4 Å². The molecule has 0 aliphatic heterocycles. The van der Waals surface area contributed by atoms with E-state index in [4.69, 9.17) is 0 Å². The van der Waals surface area contributed by atoms with Crippen molar-refractivity contribution in [2.24, 2.45) is 0 Å². The Morgan fingerprint density at radius 2 is 1.75 bits per heavy atom. The third kappa shape index (κ3) is 4.43. The molecule has 0 saturated carbocycles. The van der Waals surface area contributed by atoms with Crippen LogP contribution in [0.3, 0.4) is 0 Å². The molecule has 0 bridgehead atoms. The number of likely N-dealkylation sites (N-methyl/N-ethyl adjacent to an activating group) is 1. The minimum absolute atomic E-state index is 0.0135. The van der Waals surface area contributed by atoms with Crippen LogP contribution in [0.2, 0.25) is 0 Å². The van der Waals surface area contributed by atoms with Crippen LogP contribution in [0.1, 0.15) is 11.1 Å². The van der Waals surface area contributed by atoms with Crippen molar-refractivity contribution < 1.29 is 17.6 Å². The van der Waals surface area contributed by atoms with Gasteiger partial charge in [0.25, 0.3) is 0 Å². The van der Waals surface area contributed by atoms with Gasteiger partial charge in [0.2, 0.25) is 5.91 Å². The summed E-state index contributed by atoms with van der Waals surface area (Å²) in [4.78, 5) is 14.7. The number of sulfone groups is 1. The van der Waals surface area contributed by atoms with Crippen LogP contribution in [0.25, 0.3) is 10.9 Å². The van der Waals surface area contributed by atoms with Crippen molar-refractivity contribution in [3.05, 3.63) is 95.9 Å². The Bertz CT molecular complexity index is 1410. The van der Waals surface area contributed by atoms with Gasteiger partial charge in [-0.1, -0.05) is 42.5 Å². The topological polar surface area (TPSA) is 59.4 Å². The van der Waals surface area contributed by atoms with Gasteiger partial charge >= 0.3 is 0 Å². The van der Waals surface area contributed by atoms with Gasteiger partial charge in [-0.15, -0.1) is 0 Å². The average Bonchev–Trinajstić information content (AvgIpc) is 3.12. The number of nitrogens with zero attached hydrogens (tertiary/aromatic N) is 2. The minimum atomic E-state index is -3.76. The van der Waals surface area contributed by atoms with Crippen molar-refractivity contribution in [2.75, 3.05) is 11.9 Å². The van der Waals surface area contributed by atoms with E-state index in [1.54, 1.807) is 46.8 Å². The monoisotopic (exact) mass is 450 g/mol. The minimum Gasteiger partial charge on any atom is -0.337 e. The maximum absolute atomic E-state index is 13.5. The van der Waals surface area contributed by atoms with Gasteiger partial charge in [-0.2, -0.15) is 0 Å². The molecule has 0 spiro atoms. The summed E-state index contributed by atoms with van der Waals surface area (Å²) in [6, 6.07) is 20.3. The first-order valence-corrected chi connectivity index (χ1v) is 11.8. The van der Waals surface area contributed by atoms with Crippen LogP contribution in [0.4, 0.5) is 10.1 Å². The maximum atomic E-state index is 13.5. The molecule has 164 valence electrons. The number of halogens is 1. The van der Waals surface area contributed by atoms with Crippen molar-refractivity contribution in [1.29, 1.82) is 0 Å². The standard InChI is InChI=1S/C25H23FN2O3S/c1-18-7-5-10-21(13-18)27(2)25(29)16-28-15-24(22-11-3-4-12-23(22)28)32(30,31)17-19-8-6-9-20(26)14-19/h3-15H,16-17H2,1-2H3. The molecule has 4 rings (SSSR count). The van der Waals surface area contributed by atoms with Crippen molar-refractivity contribution in [3.8, 4) is 0 Å². The zero-order valence-electron chi connectivity index (χ0n) is 17.8. The number of rotatable bonds is 6. The lowest BCUT2D eigenvalue weighted by Gasteiger charge is -2.18. The number of amides is 1. The molecule has 0 fully saturated rings. The van der Waals surface area contributed by atoms with Crippen molar-refractivity contribution in [2.45, 2.75) is 24.1 Å². The van der Waals surface area contributed by atoms with Gasteiger partial charge in [-0.3, -0.25) is 4.79 Å². The van der Waals surface area contributed by atoms with Gasteiger partial charge in [0.05, 0.1) is 10.6 Å². The number of benzene rings is 3. The SMILES string of the molecule is Cc1cccc(N(C)C(=O)Cn2cc(S(=O)(=O)Cc3cccc(F)c3)c3ccccc32)c1. The molecular formula is C25H23FN2O3S. The predicted octanol–water partition coefficient (Wildman–Crippen LogP) is 4.73. The molecule has 1 aromatic heterocycles. The maximum Gasteiger partial charge on any atom is 0.246 e. The van der Waals surface area contributed by atoms with Gasteiger partial charge in [-0.25, -0.2) is 12.8 Å². The van der Waals surface area contributed by atoms with Crippen LogP contribution >= 0.6 is 0 Å². The molecular weight excluding hydrogens is 427 g/mol. The summed E-state index contributed by atoms with van der Waals surface area (Å²) in [6.07, 6.45) is 1.50. The summed E-state index contributed by atoms with van der Waals surface area (Å²) in [7, 11) is -2.06. The Kier molecular flexibility index (Phi) is 5.84. The lowest BCUT2D eigenvalue weighted by Crippen LogP contribution is -2.29. The number of hydrogen-bond acceptors (Lipinski definition) is 3. The fraction of sp³-hybridized carbons (Fsp3) is 0.160. The van der Waals surface area contributed by atoms with E-state index in [9.17, 15) is 17.6 Å². The Morgan fingerprint density at radius 3 is 2.50 bits per heavy atom. The van der Waals surface area contributed by atoms with Crippen LogP contribution in [-0.2, 0) is 26.9 Å². The smallest absolute Gasteiger partial charge is 0.246 e. The van der Waals surface area contributed by atoms with Crippen LogP contribution < -0.4 is 4.90 Å². The lowest BCUT2D eigenvalue weighted by atomic mass is 10.2. The van der Waals surface area contributed by atoms with Crippen LogP contribution in [0.5, 0.6) is 0 Å². The second-order valence-corrected chi connectivity index (χ2v) is 9.78. The highest BCUT2D eigenvalue weighted by atomic mass is 32.2. The highest BCUT2D eigenvalue weighted by molar-refractivity contribution is 7.90. The number of carbonyl (C=O) groups is 1. The number of aryl methyl sites for hydroxylation is 1. The zero-order valence-corrected chi connectivity index (χ0v) is 18.6. The van der Waals surface area contributed by atoms with E-state index in [-0.39, 0.29) is 23.1 Å². The molecule has 0 aliphatic carbocycles. The van der Waals surface area contributed by atoms with Crippen molar-refractivity contribution in [1.82, 2.24) is 4.57 Å². The Hall–Kier alpha value is -3.45. The van der Waals surface area contributed by atoms with E-state index in [0.717, 1.165) is 11.3 Å². The fourth-order valence-corrected chi connectivity index (χ4v) is 5.32. The molecule has 0 unspecified atom stereocenters. The quantitative estimate of drug-likeness (QED) is 0.427. The molecule has 0 N–H and O–H groups in total. The molecule has 0 atom stereocenters. The molecule has 1 amide bonds. The summed E-state index contributed by atoms with van der Waals surface area (Å²) in [6.45, 7) is 1.94. The molecule has 0 aliphatic rings. The van der Waals surface area contributed by atoms with E-state index in [2.05, 4.69) is 0 Å². The third-order valence-electron chi connectivity index (χ3n) is 5.40. The normalized spacial score (nSPS) is 11.6. The third-order valence-corrected chi connectivity index (χ3v) is 7.11. The highest BCUT2D eigenvalue weighted by Gasteiger charge is 2.23. The summed E-state index contributed by atoms with van der Waals surface area (Å²) < 4.78 is 41.6. The van der Waals surface area contributed by atoms with E-state index >= 15 is 0 Å².